The first-order chi connectivity index (χ1) is 14.3. The molecule has 0 unspecified atom stereocenters. The van der Waals surface area contributed by atoms with E-state index in [9.17, 15) is 0 Å². The lowest BCUT2D eigenvalue weighted by atomic mass is 10.0. The van der Waals surface area contributed by atoms with Crippen LogP contribution in [0.4, 0.5) is 0 Å². The Kier molecular flexibility index (Phi) is 4.37. The van der Waals surface area contributed by atoms with Gasteiger partial charge in [-0.1, -0.05) is 48.5 Å². The number of ether oxygens (including phenoxy) is 3. The lowest BCUT2D eigenvalue weighted by Crippen LogP contribution is -2.43. The third-order valence-electron chi connectivity index (χ3n) is 5.39. The van der Waals surface area contributed by atoms with Gasteiger partial charge in [-0.05, 0) is 30.3 Å². The van der Waals surface area contributed by atoms with Gasteiger partial charge in [-0.25, -0.2) is 0 Å². The van der Waals surface area contributed by atoms with Crippen LogP contribution in [0.5, 0.6) is 17.2 Å². The van der Waals surface area contributed by atoms with Crippen molar-refractivity contribution in [3.63, 3.8) is 0 Å². The summed E-state index contributed by atoms with van der Waals surface area (Å²) in [6.45, 7) is 0. The number of hydrazine groups is 1. The topological polar surface area (TPSA) is 43.0 Å². The highest BCUT2D eigenvalue weighted by Crippen LogP contribution is 2.47. The van der Waals surface area contributed by atoms with Gasteiger partial charge in [-0.15, -0.1) is 0 Å². The molecule has 0 bridgehead atoms. The van der Waals surface area contributed by atoms with Crippen molar-refractivity contribution in [1.82, 2.24) is 10.4 Å². The normalized spacial score (nSPS) is 20.0. The fourth-order valence-corrected chi connectivity index (χ4v) is 3.97. The SMILES string of the molecule is COc1cccc(C2=C[C@@H]3c4ccccc4O[C@@H](c4ccccc4OC)N3N2)c1. The third kappa shape index (κ3) is 3.00. The second kappa shape index (κ2) is 7.18. The van der Waals surface area contributed by atoms with Crippen molar-refractivity contribution in [2.75, 3.05) is 14.2 Å². The fraction of sp³-hybridized carbons (Fsp3) is 0.167. The van der Waals surface area contributed by atoms with Crippen molar-refractivity contribution in [2.45, 2.75) is 12.3 Å². The number of hydrogen-bond acceptors (Lipinski definition) is 5. The molecule has 0 fully saturated rings. The van der Waals surface area contributed by atoms with Crippen molar-refractivity contribution in [2.24, 2.45) is 0 Å². The van der Waals surface area contributed by atoms with Gasteiger partial charge in [-0.3, -0.25) is 0 Å². The van der Waals surface area contributed by atoms with Crippen molar-refractivity contribution in [3.8, 4) is 17.2 Å². The standard InChI is InChI=1S/C24H22N2O3/c1-27-17-9-7-8-16(14-17)20-15-21-18-10-3-6-13-23(18)29-24(26(21)25-20)19-11-4-5-12-22(19)28-2/h3-15,21,24-25H,1-2H3/t21-,24+/m1/s1. The Morgan fingerprint density at radius 3 is 2.48 bits per heavy atom. The number of benzene rings is 3. The maximum atomic E-state index is 6.43. The van der Waals surface area contributed by atoms with Gasteiger partial charge in [0.15, 0.2) is 6.23 Å². The minimum Gasteiger partial charge on any atom is -0.497 e. The van der Waals surface area contributed by atoms with Gasteiger partial charge in [-0.2, -0.15) is 5.01 Å². The predicted octanol–water partition coefficient (Wildman–Crippen LogP) is 4.70. The summed E-state index contributed by atoms with van der Waals surface area (Å²) in [7, 11) is 3.37. The minimum atomic E-state index is -0.328. The lowest BCUT2D eigenvalue weighted by molar-refractivity contribution is -0.0338. The zero-order valence-electron chi connectivity index (χ0n) is 16.3. The predicted molar refractivity (Wildman–Crippen MR) is 111 cm³/mol. The molecule has 5 heteroatoms. The first kappa shape index (κ1) is 17.6. The second-order valence-corrected chi connectivity index (χ2v) is 7.03. The molecule has 5 nitrogen and oxygen atoms in total. The number of para-hydroxylation sites is 2. The van der Waals surface area contributed by atoms with E-state index in [-0.39, 0.29) is 12.3 Å². The summed E-state index contributed by atoms with van der Waals surface area (Å²) in [5.41, 5.74) is 7.75. The molecule has 0 aliphatic carbocycles. The molecule has 2 aliphatic heterocycles. The summed E-state index contributed by atoms with van der Waals surface area (Å²) in [4.78, 5) is 0. The van der Waals surface area contributed by atoms with Gasteiger partial charge < -0.3 is 19.6 Å². The van der Waals surface area contributed by atoms with E-state index in [0.29, 0.717) is 0 Å². The van der Waals surface area contributed by atoms with Crippen molar-refractivity contribution in [1.29, 1.82) is 0 Å². The Hall–Kier alpha value is -3.44. The molecule has 0 saturated carbocycles. The second-order valence-electron chi connectivity index (χ2n) is 7.03. The zero-order valence-corrected chi connectivity index (χ0v) is 16.3. The Morgan fingerprint density at radius 1 is 0.862 bits per heavy atom. The van der Waals surface area contributed by atoms with E-state index in [1.165, 1.54) is 0 Å². The zero-order chi connectivity index (χ0) is 19.8. The summed E-state index contributed by atoms with van der Waals surface area (Å²) in [5.74, 6) is 2.51. The van der Waals surface area contributed by atoms with Crippen LogP contribution in [0.1, 0.15) is 29.0 Å². The molecule has 2 atom stereocenters. The molecular weight excluding hydrogens is 364 g/mol. The minimum absolute atomic E-state index is 0.0380. The molecule has 2 aliphatic rings. The van der Waals surface area contributed by atoms with Crippen LogP contribution in [0.15, 0.2) is 78.9 Å². The molecule has 0 radical (unpaired) electrons. The smallest absolute Gasteiger partial charge is 0.199 e. The lowest BCUT2D eigenvalue weighted by Gasteiger charge is -2.39. The quantitative estimate of drug-likeness (QED) is 0.704. The molecule has 5 rings (SSSR count). The molecule has 2 heterocycles. The summed E-state index contributed by atoms with van der Waals surface area (Å²) in [6.07, 6.45) is 1.91. The summed E-state index contributed by atoms with van der Waals surface area (Å²) in [6, 6.07) is 24.2. The maximum absolute atomic E-state index is 6.43. The van der Waals surface area contributed by atoms with Gasteiger partial charge in [0.25, 0.3) is 0 Å². The summed E-state index contributed by atoms with van der Waals surface area (Å²) in [5, 5.41) is 2.13. The molecule has 0 spiro atoms. The fourth-order valence-electron chi connectivity index (χ4n) is 3.97. The molecule has 29 heavy (non-hydrogen) atoms. The molecule has 1 N–H and O–H groups in total. The van der Waals surface area contributed by atoms with Crippen LogP contribution in [0.25, 0.3) is 5.70 Å². The van der Waals surface area contributed by atoms with Crippen molar-refractivity contribution in [3.05, 3.63) is 95.6 Å². The Labute approximate surface area is 170 Å². The van der Waals surface area contributed by atoms with Crippen LogP contribution in [0, 0.1) is 0 Å². The highest BCUT2D eigenvalue weighted by Gasteiger charge is 2.41. The largest absolute Gasteiger partial charge is 0.497 e. The number of rotatable bonds is 4. The van der Waals surface area contributed by atoms with Crippen LogP contribution in [-0.2, 0) is 0 Å². The van der Waals surface area contributed by atoms with Crippen molar-refractivity contribution < 1.29 is 14.2 Å². The maximum Gasteiger partial charge on any atom is 0.199 e. The van der Waals surface area contributed by atoms with E-state index in [0.717, 1.165) is 39.6 Å². The number of methoxy groups -OCH3 is 2. The van der Waals surface area contributed by atoms with E-state index < -0.39 is 0 Å². The molecular formula is C24H22N2O3. The Morgan fingerprint density at radius 2 is 1.66 bits per heavy atom. The highest BCUT2D eigenvalue weighted by atomic mass is 16.5. The van der Waals surface area contributed by atoms with Gasteiger partial charge in [0, 0.05) is 11.1 Å². The van der Waals surface area contributed by atoms with E-state index in [1.54, 1.807) is 14.2 Å². The van der Waals surface area contributed by atoms with Crippen LogP contribution >= 0.6 is 0 Å². The van der Waals surface area contributed by atoms with E-state index in [4.69, 9.17) is 14.2 Å². The van der Waals surface area contributed by atoms with Gasteiger partial charge >= 0.3 is 0 Å². The first-order valence-electron chi connectivity index (χ1n) is 9.58. The van der Waals surface area contributed by atoms with Crippen LogP contribution in [-0.4, -0.2) is 19.2 Å². The monoisotopic (exact) mass is 386 g/mol. The van der Waals surface area contributed by atoms with E-state index in [1.807, 2.05) is 60.7 Å². The van der Waals surface area contributed by atoms with Gasteiger partial charge in [0.1, 0.15) is 17.2 Å². The number of nitrogens with one attached hydrogen (secondary N) is 1. The summed E-state index contributed by atoms with van der Waals surface area (Å²) < 4.78 is 17.4. The van der Waals surface area contributed by atoms with Gasteiger partial charge in [0.05, 0.1) is 31.5 Å². The third-order valence-corrected chi connectivity index (χ3v) is 5.39. The molecule has 146 valence electrons. The van der Waals surface area contributed by atoms with Crippen molar-refractivity contribution >= 4 is 5.70 Å². The molecule has 3 aromatic rings. The first-order valence-corrected chi connectivity index (χ1v) is 9.58. The number of fused-ring (bicyclic) bond motifs is 3. The Bertz CT molecular complexity index is 1080. The molecule has 3 aromatic carbocycles. The van der Waals surface area contributed by atoms with Crippen LogP contribution in [0.2, 0.25) is 0 Å². The average Bonchev–Trinajstić information content (AvgIpc) is 3.24. The van der Waals surface area contributed by atoms with Crippen LogP contribution in [0.3, 0.4) is 0 Å². The number of nitrogens with zero attached hydrogens (tertiary/aromatic N) is 1. The van der Waals surface area contributed by atoms with E-state index >= 15 is 0 Å². The summed E-state index contributed by atoms with van der Waals surface area (Å²) >= 11 is 0. The average molecular weight is 386 g/mol. The molecule has 0 saturated heterocycles. The van der Waals surface area contributed by atoms with Crippen LogP contribution < -0.4 is 19.6 Å². The van der Waals surface area contributed by atoms with Gasteiger partial charge in [0.2, 0.25) is 0 Å². The molecule has 0 amide bonds. The number of hydrogen-bond donors (Lipinski definition) is 1. The highest BCUT2D eigenvalue weighted by molar-refractivity contribution is 5.68. The molecule has 0 aromatic heterocycles. The van der Waals surface area contributed by atoms with E-state index in [2.05, 4.69) is 28.6 Å². The Balaban J connectivity index is 1.59.